The number of hydrogen-bond donors (Lipinski definition) is 1. The highest BCUT2D eigenvalue weighted by molar-refractivity contribution is 6.32. The molecule has 0 fully saturated rings. The molecule has 0 spiro atoms. The largest absolute Gasteiger partial charge is 0.490 e. The van der Waals surface area contributed by atoms with Crippen molar-refractivity contribution in [1.82, 2.24) is 0 Å². The summed E-state index contributed by atoms with van der Waals surface area (Å²) in [6.45, 7) is 2.24. The Labute approximate surface area is 136 Å². The lowest BCUT2D eigenvalue weighted by Gasteiger charge is -2.12. The van der Waals surface area contributed by atoms with Crippen molar-refractivity contribution < 1.29 is 18.3 Å². The molecule has 0 atom stereocenters. The van der Waals surface area contributed by atoms with Gasteiger partial charge in [-0.25, -0.2) is 4.39 Å². The van der Waals surface area contributed by atoms with Gasteiger partial charge >= 0.3 is 0 Å². The summed E-state index contributed by atoms with van der Waals surface area (Å²) >= 11 is 6.08. The van der Waals surface area contributed by atoms with Crippen molar-refractivity contribution in [2.75, 3.05) is 11.9 Å². The lowest BCUT2D eigenvalue weighted by atomic mass is 10.2. The number of anilines is 1. The van der Waals surface area contributed by atoms with Crippen molar-refractivity contribution >= 4 is 34.2 Å². The van der Waals surface area contributed by atoms with E-state index < -0.39 is 11.7 Å². The predicted octanol–water partition coefficient (Wildman–Crippen LogP) is 4.88. The summed E-state index contributed by atoms with van der Waals surface area (Å²) in [5, 5.41) is 3.61. The molecule has 1 heterocycles. The van der Waals surface area contributed by atoms with E-state index in [1.54, 1.807) is 18.2 Å². The Bertz CT molecular complexity index is 875. The van der Waals surface area contributed by atoms with Gasteiger partial charge in [0.15, 0.2) is 11.5 Å². The first-order chi connectivity index (χ1) is 11.1. The summed E-state index contributed by atoms with van der Waals surface area (Å²) < 4.78 is 24.1. The van der Waals surface area contributed by atoms with Crippen LogP contribution >= 0.6 is 11.6 Å². The fourth-order valence-corrected chi connectivity index (χ4v) is 2.44. The van der Waals surface area contributed by atoms with Crippen LogP contribution < -0.4 is 10.1 Å². The number of carbonyl (C=O) groups is 1. The van der Waals surface area contributed by atoms with Crippen LogP contribution in [-0.4, -0.2) is 12.5 Å². The summed E-state index contributed by atoms with van der Waals surface area (Å²) in [5.74, 6) is -0.385. The second-order valence-corrected chi connectivity index (χ2v) is 5.20. The molecule has 23 heavy (non-hydrogen) atoms. The minimum Gasteiger partial charge on any atom is -0.490 e. The zero-order valence-corrected chi connectivity index (χ0v) is 13.0. The zero-order chi connectivity index (χ0) is 16.4. The van der Waals surface area contributed by atoms with Crippen LogP contribution in [-0.2, 0) is 0 Å². The molecule has 4 nitrogen and oxygen atoms in total. The third kappa shape index (κ3) is 3.14. The van der Waals surface area contributed by atoms with Gasteiger partial charge in [0.25, 0.3) is 5.91 Å². The maximum atomic E-state index is 13.2. The average molecular weight is 334 g/mol. The normalized spacial score (nSPS) is 10.7. The third-order valence-electron chi connectivity index (χ3n) is 3.21. The van der Waals surface area contributed by atoms with E-state index in [0.717, 1.165) is 0 Å². The number of fused-ring (bicyclic) bond motifs is 1. The van der Waals surface area contributed by atoms with Gasteiger partial charge in [-0.3, -0.25) is 4.79 Å². The fourth-order valence-electron chi connectivity index (χ4n) is 2.21. The molecular weight excluding hydrogens is 321 g/mol. The number of nitrogens with one attached hydrogen (secondary N) is 1. The third-order valence-corrected chi connectivity index (χ3v) is 3.50. The molecule has 0 radical (unpaired) electrons. The minimum absolute atomic E-state index is 0.0769. The van der Waals surface area contributed by atoms with Gasteiger partial charge in [0.1, 0.15) is 11.4 Å². The first-order valence-corrected chi connectivity index (χ1v) is 7.38. The predicted molar refractivity (Wildman–Crippen MR) is 86.7 cm³/mol. The van der Waals surface area contributed by atoms with Crippen LogP contribution in [0.4, 0.5) is 10.1 Å². The van der Waals surface area contributed by atoms with Crippen molar-refractivity contribution in [2.24, 2.45) is 0 Å². The molecule has 0 bridgehead atoms. The van der Waals surface area contributed by atoms with Crippen molar-refractivity contribution in [3.63, 3.8) is 0 Å². The van der Waals surface area contributed by atoms with Crippen LogP contribution in [0.2, 0.25) is 5.02 Å². The van der Waals surface area contributed by atoms with Crippen LogP contribution in [0, 0.1) is 5.82 Å². The SMILES string of the molecule is CCOc1c(Cl)cccc1NC(=O)c1cc2cc(F)ccc2o1. The van der Waals surface area contributed by atoms with E-state index in [1.807, 2.05) is 6.92 Å². The quantitative estimate of drug-likeness (QED) is 0.740. The summed E-state index contributed by atoms with van der Waals surface area (Å²) in [7, 11) is 0. The summed E-state index contributed by atoms with van der Waals surface area (Å²) in [4.78, 5) is 12.3. The van der Waals surface area contributed by atoms with Crippen LogP contribution in [0.15, 0.2) is 46.9 Å². The highest BCUT2D eigenvalue weighted by Gasteiger charge is 2.16. The Balaban J connectivity index is 1.90. The van der Waals surface area contributed by atoms with Crippen molar-refractivity contribution in [3.8, 4) is 5.75 Å². The number of amides is 1. The van der Waals surface area contributed by atoms with Gasteiger partial charge in [-0.2, -0.15) is 0 Å². The maximum Gasteiger partial charge on any atom is 0.291 e. The van der Waals surface area contributed by atoms with E-state index >= 15 is 0 Å². The number of halogens is 2. The molecule has 0 saturated carbocycles. The average Bonchev–Trinajstić information content (AvgIpc) is 2.94. The molecule has 0 aliphatic heterocycles. The van der Waals surface area contributed by atoms with Gasteiger partial charge in [0.05, 0.1) is 17.3 Å². The van der Waals surface area contributed by atoms with Crippen LogP contribution in [0.1, 0.15) is 17.5 Å². The Morgan fingerprint density at radius 3 is 2.91 bits per heavy atom. The minimum atomic E-state index is -0.468. The first kappa shape index (κ1) is 15.4. The standard InChI is InChI=1S/C17H13ClFNO3/c1-2-22-16-12(18)4-3-5-13(16)20-17(21)15-9-10-8-11(19)6-7-14(10)23-15/h3-9H,2H2,1H3,(H,20,21). The van der Waals surface area contributed by atoms with Gasteiger partial charge in [0, 0.05) is 5.39 Å². The van der Waals surface area contributed by atoms with Gasteiger partial charge in [0.2, 0.25) is 0 Å². The number of hydrogen-bond acceptors (Lipinski definition) is 3. The van der Waals surface area contributed by atoms with Crippen molar-refractivity contribution in [1.29, 1.82) is 0 Å². The highest BCUT2D eigenvalue weighted by Crippen LogP contribution is 2.33. The van der Waals surface area contributed by atoms with Gasteiger partial charge in [-0.15, -0.1) is 0 Å². The molecule has 3 aromatic rings. The summed E-state index contributed by atoms with van der Waals surface area (Å²) in [6.07, 6.45) is 0. The molecule has 0 aliphatic rings. The summed E-state index contributed by atoms with van der Waals surface area (Å²) in [5.41, 5.74) is 0.878. The fraction of sp³-hybridized carbons (Fsp3) is 0.118. The first-order valence-electron chi connectivity index (χ1n) is 7.00. The molecule has 0 saturated heterocycles. The van der Waals surface area contributed by atoms with Crippen LogP contribution in [0.3, 0.4) is 0 Å². The van der Waals surface area contributed by atoms with E-state index in [2.05, 4.69) is 5.32 Å². The molecule has 0 unspecified atom stereocenters. The number of para-hydroxylation sites is 1. The molecule has 6 heteroatoms. The van der Waals surface area contributed by atoms with E-state index in [9.17, 15) is 9.18 Å². The van der Waals surface area contributed by atoms with Gasteiger partial charge in [-0.05, 0) is 43.3 Å². The number of benzene rings is 2. The summed E-state index contributed by atoms with van der Waals surface area (Å²) in [6, 6.07) is 10.6. The smallest absolute Gasteiger partial charge is 0.291 e. The van der Waals surface area contributed by atoms with E-state index in [4.69, 9.17) is 20.8 Å². The van der Waals surface area contributed by atoms with Gasteiger partial charge in [-0.1, -0.05) is 17.7 Å². The van der Waals surface area contributed by atoms with E-state index in [0.29, 0.717) is 34.0 Å². The molecule has 2 aromatic carbocycles. The maximum absolute atomic E-state index is 13.2. The Morgan fingerprint density at radius 2 is 2.13 bits per heavy atom. The second-order valence-electron chi connectivity index (χ2n) is 4.80. The number of carbonyl (C=O) groups excluding carboxylic acids is 1. The van der Waals surface area contributed by atoms with Crippen LogP contribution in [0.25, 0.3) is 11.0 Å². The number of furan rings is 1. The van der Waals surface area contributed by atoms with E-state index in [-0.39, 0.29) is 5.76 Å². The molecule has 0 aliphatic carbocycles. The topological polar surface area (TPSA) is 51.5 Å². The molecule has 1 N–H and O–H groups in total. The molecule has 1 amide bonds. The Hall–Kier alpha value is -2.53. The number of ether oxygens (including phenoxy) is 1. The van der Waals surface area contributed by atoms with Crippen molar-refractivity contribution in [2.45, 2.75) is 6.92 Å². The lowest BCUT2D eigenvalue weighted by Crippen LogP contribution is -2.12. The Kier molecular flexibility index (Phi) is 4.21. The number of rotatable bonds is 4. The zero-order valence-electron chi connectivity index (χ0n) is 12.2. The second kappa shape index (κ2) is 6.30. The van der Waals surface area contributed by atoms with Gasteiger partial charge < -0.3 is 14.5 Å². The molecule has 1 aromatic heterocycles. The lowest BCUT2D eigenvalue weighted by molar-refractivity contribution is 0.0998. The monoisotopic (exact) mass is 333 g/mol. The molecular formula is C17H13ClFNO3. The molecule has 3 rings (SSSR count). The molecule has 118 valence electrons. The highest BCUT2D eigenvalue weighted by atomic mass is 35.5. The Morgan fingerprint density at radius 1 is 1.30 bits per heavy atom. The van der Waals surface area contributed by atoms with Crippen molar-refractivity contribution in [3.05, 3.63) is 59.1 Å². The van der Waals surface area contributed by atoms with E-state index in [1.165, 1.54) is 24.3 Å². The van der Waals surface area contributed by atoms with Crippen LogP contribution in [0.5, 0.6) is 5.75 Å².